The first-order valence-electron chi connectivity index (χ1n) is 36.2. The molecule has 10 heterocycles. The van der Waals surface area contributed by atoms with Gasteiger partial charge in [-0.05, 0) is 100 Å². The lowest BCUT2D eigenvalue weighted by Crippen LogP contribution is -2.44. The zero-order chi connectivity index (χ0) is 82.4. The van der Waals surface area contributed by atoms with E-state index in [0.717, 1.165) is 50.7 Å². The summed E-state index contributed by atoms with van der Waals surface area (Å²) in [5.74, 6) is 1.64. The summed E-state index contributed by atoms with van der Waals surface area (Å²) < 4.78 is 29.1. The van der Waals surface area contributed by atoms with Crippen LogP contribution >= 0.6 is 46.1 Å². The molecule has 6 amide bonds. The highest BCUT2D eigenvalue weighted by atomic mass is 35.5. The number of nitrogens with zero attached hydrogens (tertiary/aromatic N) is 16. The number of hydrogen-bond donors (Lipinski definition) is 10. The summed E-state index contributed by atoms with van der Waals surface area (Å²) in [4.78, 5) is 64.7. The molecule has 0 saturated carbocycles. The molecule has 0 radical (unpaired) electrons. The predicted molar refractivity (Wildman–Crippen MR) is 454 cm³/mol. The van der Waals surface area contributed by atoms with Crippen LogP contribution in [0.1, 0.15) is 75.3 Å². The van der Waals surface area contributed by atoms with Gasteiger partial charge >= 0.3 is 18.1 Å². The van der Waals surface area contributed by atoms with Crippen molar-refractivity contribution in [1.82, 2.24) is 78.8 Å². The van der Waals surface area contributed by atoms with Crippen LogP contribution in [0, 0.1) is 26.6 Å². The van der Waals surface area contributed by atoms with Gasteiger partial charge in [-0.25, -0.2) is 72.1 Å². The Balaban J connectivity index is 0.000000143. The molecule has 30 nitrogen and oxygen atoms in total. The first kappa shape index (κ1) is 79.7. The molecule has 592 valence electrons. The molecular weight excluding hydrogens is 1560 g/mol. The van der Waals surface area contributed by atoms with Crippen molar-refractivity contribution < 1.29 is 28.6 Å². The monoisotopic (exact) mass is 1640 g/mol. The Kier molecular flexibility index (Phi) is 22.1. The molecule has 35 heteroatoms. The molecule has 1 aliphatic heterocycles. The number of hydrogen-bond acceptors (Lipinski definition) is 20. The standard InChI is InChI=1S/C27H25ClFN7OS.C27H26ClN9O2.C27H28ClN9O2/c1-14-5-7-15(8-6-14)36-20(11-19(35-36)27(2,3)4)34-26(37)33-18-10-9-16(23(29)22(18)28)17-12-38-25-21(17)24(30)31-13-32-25;1-15-4-7-17(8-5-15)37-21(11-20(34-37)27(2)12-39-13-27)33-26(38)32-19-9-6-16(10-18(19)28)23-22-24(29)30-14-31-25(22)36(3)35-23;1-15-5-8-17(9-6-15)37-21(12-20(34-37)27(2,3)13-38)33-26(39)32-19-10-7-16(11-18(19)28)23-22-24(29)30-14-31-25(22)36(4)35-23/h5-13H,1-4H3,(H2,30,31,32)(H2,33,34,37);4-11,14H,12-13H2,1-3H3,(H2,29,30,31)(H2,32,33,38);5-12,14,38H,13H2,1-4H3,(H2,29,30,31)(H2,32,33,39). The number of urea groups is 3. The highest BCUT2D eigenvalue weighted by molar-refractivity contribution is 7.17. The van der Waals surface area contributed by atoms with Gasteiger partial charge in [-0.15, -0.1) is 11.3 Å². The number of aromatic nitrogens is 16. The van der Waals surface area contributed by atoms with Gasteiger partial charge in [0.05, 0.1) is 103 Å². The second kappa shape index (κ2) is 32.1. The van der Waals surface area contributed by atoms with Gasteiger partial charge in [-0.1, -0.05) is 135 Å². The number of rotatable bonds is 15. The number of aryl methyl sites for hydroxylation is 5. The van der Waals surface area contributed by atoms with Crippen LogP contribution in [-0.4, -0.2) is 122 Å². The molecule has 9 aromatic heterocycles. The van der Waals surface area contributed by atoms with Crippen molar-refractivity contribution in [3.63, 3.8) is 0 Å². The summed E-state index contributed by atoms with van der Waals surface area (Å²) in [6, 6.07) is 40.9. The molecule has 0 unspecified atom stereocenters. The van der Waals surface area contributed by atoms with Crippen LogP contribution in [0.3, 0.4) is 0 Å². The third-order valence-electron chi connectivity index (χ3n) is 19.3. The van der Waals surface area contributed by atoms with E-state index >= 15 is 4.39 Å². The molecule has 0 spiro atoms. The summed E-state index contributed by atoms with van der Waals surface area (Å²) in [5.41, 5.74) is 30.7. The molecule has 6 aromatic carbocycles. The Morgan fingerprint density at radius 3 is 1.37 bits per heavy atom. The van der Waals surface area contributed by atoms with E-state index in [1.54, 1.807) is 91.4 Å². The minimum atomic E-state index is -0.688. The Morgan fingerprint density at radius 2 is 0.931 bits per heavy atom. The molecule has 1 fully saturated rings. The van der Waals surface area contributed by atoms with E-state index in [4.69, 9.17) is 66.9 Å². The van der Waals surface area contributed by atoms with Gasteiger partial charge in [0.1, 0.15) is 75.1 Å². The lowest BCUT2D eigenvalue weighted by molar-refractivity contribution is -0.0522. The van der Waals surface area contributed by atoms with E-state index in [1.807, 2.05) is 146 Å². The zero-order valence-electron chi connectivity index (χ0n) is 64.6. The first-order valence-corrected chi connectivity index (χ1v) is 38.2. The Hall–Kier alpha value is -13.0. The fourth-order valence-corrected chi connectivity index (χ4v) is 14.2. The van der Waals surface area contributed by atoms with Gasteiger partial charge < -0.3 is 43.0 Å². The molecule has 1 saturated heterocycles. The quantitative estimate of drug-likeness (QED) is 0.0456. The average molecular weight is 1640 g/mol. The molecule has 15 aromatic rings. The number of amides is 6. The first-order chi connectivity index (χ1) is 55.3. The van der Waals surface area contributed by atoms with Gasteiger partial charge in [0.25, 0.3) is 0 Å². The average Bonchev–Trinajstić information content (AvgIpc) is 1.46. The minimum Gasteiger partial charge on any atom is -0.395 e. The number of fused-ring (bicyclic) bond motifs is 3. The number of ether oxygens (including phenoxy) is 1. The molecule has 0 atom stereocenters. The second-order valence-corrected chi connectivity index (χ2v) is 31.7. The number of nitrogen functional groups attached to an aromatic ring is 3. The number of benzene rings is 6. The van der Waals surface area contributed by atoms with Crippen molar-refractivity contribution in [2.45, 2.75) is 78.6 Å². The van der Waals surface area contributed by atoms with E-state index in [9.17, 15) is 19.5 Å². The van der Waals surface area contributed by atoms with Crippen LogP contribution < -0.4 is 49.1 Å². The van der Waals surface area contributed by atoms with Crippen molar-refractivity contribution in [3.8, 4) is 50.7 Å². The molecule has 16 rings (SSSR count). The fourth-order valence-electron chi connectivity index (χ4n) is 12.6. The van der Waals surface area contributed by atoms with Crippen molar-refractivity contribution in [3.05, 3.63) is 219 Å². The predicted octanol–water partition coefficient (Wildman–Crippen LogP) is 16.5. The fraction of sp³-hybridized carbons (Fsp3) is 0.210. The number of thiophene rings is 1. The largest absolute Gasteiger partial charge is 0.395 e. The number of halogens is 4. The molecule has 0 bridgehead atoms. The van der Waals surface area contributed by atoms with Crippen molar-refractivity contribution in [2.24, 2.45) is 14.1 Å². The molecule has 13 N–H and O–H groups in total. The van der Waals surface area contributed by atoms with Crippen LogP contribution in [0.4, 0.5) is 70.7 Å². The molecule has 116 heavy (non-hydrogen) atoms. The summed E-state index contributed by atoms with van der Waals surface area (Å²) in [5, 5.41) is 54.0. The summed E-state index contributed by atoms with van der Waals surface area (Å²) in [6.45, 7) is 19.0. The van der Waals surface area contributed by atoms with E-state index in [0.29, 0.717) is 124 Å². The Morgan fingerprint density at radius 1 is 0.517 bits per heavy atom. The second-order valence-electron chi connectivity index (χ2n) is 29.7. The molecular formula is C81H79Cl3FN25O5S. The van der Waals surface area contributed by atoms with Gasteiger partial charge in [0, 0.05) is 70.8 Å². The summed E-state index contributed by atoms with van der Waals surface area (Å²) >= 11 is 20.8. The Labute approximate surface area is 682 Å². The van der Waals surface area contributed by atoms with Gasteiger partial charge in [-0.3, -0.25) is 16.0 Å². The number of aliphatic hydroxyl groups excluding tert-OH is 1. The van der Waals surface area contributed by atoms with Crippen LogP contribution in [0.5, 0.6) is 0 Å². The van der Waals surface area contributed by atoms with Crippen LogP contribution in [0.25, 0.3) is 83.0 Å². The lowest BCUT2D eigenvalue weighted by Gasteiger charge is -2.36. The lowest BCUT2D eigenvalue weighted by atomic mass is 9.85. The highest BCUT2D eigenvalue weighted by Crippen LogP contribution is 2.42. The summed E-state index contributed by atoms with van der Waals surface area (Å²) in [7, 11) is 3.56. The SMILES string of the molecule is Cc1ccc(-n2nc(C(C)(C)C)cc2NC(=O)Nc2ccc(-c3csc4ncnc(N)c34)c(F)c2Cl)cc1.Cc1ccc(-n2nc(C(C)(C)CO)cc2NC(=O)Nc2ccc(-c3nn(C)c4ncnc(N)c34)cc2Cl)cc1.Cc1ccc(-n2nc(C3(C)COC3)cc2NC(=O)Nc2ccc(-c3nn(C)c4ncnc(N)c34)cc2Cl)cc1. The topological polar surface area (TPSA) is 397 Å². The van der Waals surface area contributed by atoms with Gasteiger partial charge in [0.2, 0.25) is 0 Å². The van der Waals surface area contributed by atoms with Crippen LogP contribution in [0.15, 0.2) is 164 Å². The maximum Gasteiger partial charge on any atom is 0.324 e. The number of aliphatic hydroxyl groups is 1. The minimum absolute atomic E-state index is 0.102. The van der Waals surface area contributed by atoms with Crippen molar-refractivity contribution >= 4 is 148 Å². The van der Waals surface area contributed by atoms with E-state index in [2.05, 4.69) is 84.0 Å². The Bertz CT molecular complexity index is 6040. The van der Waals surface area contributed by atoms with E-state index < -0.39 is 29.3 Å². The maximum atomic E-state index is 15.4. The number of nitrogens with two attached hydrogens (primary N) is 3. The molecule has 1 aliphatic rings. The molecule has 0 aliphatic carbocycles. The number of carbonyl (C=O) groups is 3. The maximum absolute atomic E-state index is 15.4. The van der Waals surface area contributed by atoms with Gasteiger partial charge in [-0.2, -0.15) is 25.5 Å². The van der Waals surface area contributed by atoms with Crippen LogP contribution in [0.2, 0.25) is 15.1 Å². The van der Waals surface area contributed by atoms with Gasteiger partial charge in [0.15, 0.2) is 17.1 Å². The van der Waals surface area contributed by atoms with E-state index in [-0.39, 0.29) is 39.5 Å². The third-order valence-corrected chi connectivity index (χ3v) is 21.2. The highest BCUT2D eigenvalue weighted by Gasteiger charge is 2.39. The number of carbonyl (C=O) groups excluding carboxylic acids is 3. The van der Waals surface area contributed by atoms with Crippen molar-refractivity contribution in [1.29, 1.82) is 0 Å². The van der Waals surface area contributed by atoms with Crippen molar-refractivity contribution in [2.75, 3.05) is 68.9 Å². The van der Waals surface area contributed by atoms with Crippen LogP contribution in [-0.2, 0) is 35.1 Å². The number of anilines is 9. The number of nitrogens with one attached hydrogen (secondary N) is 6. The smallest absolute Gasteiger partial charge is 0.324 e. The summed E-state index contributed by atoms with van der Waals surface area (Å²) in [6.07, 6.45) is 4.15. The zero-order valence-corrected chi connectivity index (χ0v) is 67.7. The normalized spacial score (nSPS) is 12.5. The van der Waals surface area contributed by atoms with E-state index in [1.165, 1.54) is 30.3 Å². The third kappa shape index (κ3) is 16.4.